The lowest BCUT2D eigenvalue weighted by Crippen LogP contribution is -2.34. The smallest absolute Gasteiger partial charge is 0.475 e. The molecule has 1 aliphatic carbocycles. The van der Waals surface area contributed by atoms with Crippen molar-refractivity contribution >= 4 is 5.97 Å². The Labute approximate surface area is 172 Å². The summed E-state index contributed by atoms with van der Waals surface area (Å²) < 4.78 is 45.0. The number of ether oxygens (including phenoxy) is 1. The maximum Gasteiger partial charge on any atom is 0.490 e. The topological polar surface area (TPSA) is 80.7 Å². The standard InChI is InChI=1S/C18H25N3O2.C2HF3O2/c1-2-21-9-17-16(13-23-11-14-3-4-14)8-20(10-18(17)19-21)7-15-5-6-22-12-15;3-2(4,5)1(6)7/h5-6,9,12,14,16H,2-4,7-8,10-11,13H2,1H3;(H,6,7). The van der Waals surface area contributed by atoms with Gasteiger partial charge >= 0.3 is 12.1 Å². The van der Waals surface area contributed by atoms with E-state index in [1.165, 1.54) is 29.7 Å². The fraction of sp³-hybridized carbons (Fsp3) is 0.600. The minimum atomic E-state index is -5.08. The van der Waals surface area contributed by atoms with Gasteiger partial charge in [-0.15, -0.1) is 0 Å². The first kappa shape index (κ1) is 22.4. The molecule has 30 heavy (non-hydrogen) atoms. The number of alkyl halides is 3. The number of nitrogens with zero attached hydrogens (tertiary/aromatic N) is 3. The molecule has 4 rings (SSSR count). The van der Waals surface area contributed by atoms with Gasteiger partial charge in [0.15, 0.2) is 0 Å². The van der Waals surface area contributed by atoms with Gasteiger partial charge in [-0.05, 0) is 31.7 Å². The maximum absolute atomic E-state index is 10.6. The van der Waals surface area contributed by atoms with Gasteiger partial charge in [-0.1, -0.05) is 0 Å². The first-order chi connectivity index (χ1) is 14.3. The Kier molecular flexibility index (Phi) is 7.19. The molecule has 2 aliphatic rings. The van der Waals surface area contributed by atoms with Crippen LogP contribution in [0.4, 0.5) is 13.2 Å². The van der Waals surface area contributed by atoms with Crippen LogP contribution >= 0.6 is 0 Å². The predicted molar refractivity (Wildman–Crippen MR) is 101 cm³/mol. The third kappa shape index (κ3) is 6.33. The van der Waals surface area contributed by atoms with Crippen molar-refractivity contribution in [1.82, 2.24) is 14.7 Å². The normalized spacial score (nSPS) is 19.1. The molecule has 0 aromatic carbocycles. The molecule has 1 aliphatic heterocycles. The lowest BCUT2D eigenvalue weighted by Gasteiger charge is -2.31. The van der Waals surface area contributed by atoms with Crippen LogP contribution in [0.2, 0.25) is 0 Å². The van der Waals surface area contributed by atoms with Crippen molar-refractivity contribution in [1.29, 1.82) is 0 Å². The number of halogens is 3. The molecule has 0 saturated heterocycles. The van der Waals surface area contributed by atoms with Crippen LogP contribution in [0, 0.1) is 5.92 Å². The van der Waals surface area contributed by atoms with Gasteiger partial charge < -0.3 is 14.3 Å². The van der Waals surface area contributed by atoms with Crippen LogP contribution in [0.1, 0.15) is 42.5 Å². The molecule has 2 aromatic heterocycles. The Morgan fingerprint density at radius 3 is 2.67 bits per heavy atom. The summed E-state index contributed by atoms with van der Waals surface area (Å²) in [5.74, 6) is -1.52. The molecular weight excluding hydrogens is 403 g/mol. The van der Waals surface area contributed by atoms with E-state index in [2.05, 4.69) is 22.7 Å². The Morgan fingerprint density at radius 2 is 2.10 bits per heavy atom. The third-order valence-corrected chi connectivity index (χ3v) is 5.08. The van der Waals surface area contributed by atoms with Gasteiger partial charge in [0.25, 0.3) is 0 Å². The van der Waals surface area contributed by atoms with E-state index >= 15 is 0 Å². The highest BCUT2D eigenvalue weighted by atomic mass is 19.4. The van der Waals surface area contributed by atoms with Crippen LogP contribution < -0.4 is 0 Å². The number of hydrogen-bond donors (Lipinski definition) is 1. The monoisotopic (exact) mass is 429 g/mol. The maximum atomic E-state index is 10.6. The van der Waals surface area contributed by atoms with E-state index in [0.29, 0.717) is 5.92 Å². The summed E-state index contributed by atoms with van der Waals surface area (Å²) in [6.07, 6.45) is 3.40. The Balaban J connectivity index is 0.000000318. The number of aliphatic carboxylic acids is 1. The molecule has 1 unspecified atom stereocenters. The van der Waals surface area contributed by atoms with E-state index < -0.39 is 12.1 Å². The molecular formula is C20H26F3N3O4. The molecule has 166 valence electrons. The Bertz CT molecular complexity index is 816. The zero-order chi connectivity index (χ0) is 21.7. The fourth-order valence-corrected chi connectivity index (χ4v) is 3.35. The molecule has 0 amide bonds. The zero-order valence-electron chi connectivity index (χ0n) is 16.8. The molecule has 7 nitrogen and oxygen atoms in total. The van der Waals surface area contributed by atoms with Gasteiger partial charge in [-0.2, -0.15) is 18.3 Å². The van der Waals surface area contributed by atoms with Crippen LogP contribution in [0.3, 0.4) is 0 Å². The number of hydrogen-bond acceptors (Lipinski definition) is 5. The second kappa shape index (κ2) is 9.65. The van der Waals surface area contributed by atoms with Crippen LogP contribution in [0.25, 0.3) is 0 Å². The van der Waals surface area contributed by atoms with E-state index in [4.69, 9.17) is 24.2 Å². The van der Waals surface area contributed by atoms with Gasteiger partial charge in [-0.3, -0.25) is 9.58 Å². The number of fused-ring (bicyclic) bond motifs is 1. The molecule has 1 atom stereocenters. The Morgan fingerprint density at radius 1 is 1.37 bits per heavy atom. The average Bonchev–Trinajstić information content (AvgIpc) is 3.18. The molecule has 1 saturated carbocycles. The molecule has 1 fully saturated rings. The van der Waals surface area contributed by atoms with Gasteiger partial charge in [0.05, 0.1) is 24.8 Å². The number of rotatable bonds is 7. The predicted octanol–water partition coefficient (Wildman–Crippen LogP) is 3.66. The number of carboxylic acids is 1. The van der Waals surface area contributed by atoms with E-state index in [1.54, 1.807) is 6.26 Å². The molecule has 10 heteroatoms. The van der Waals surface area contributed by atoms with Crippen molar-refractivity contribution in [3.8, 4) is 0 Å². The van der Waals surface area contributed by atoms with E-state index in [0.717, 1.165) is 45.3 Å². The summed E-state index contributed by atoms with van der Waals surface area (Å²) in [6.45, 7) is 7.64. The average molecular weight is 429 g/mol. The first-order valence-corrected chi connectivity index (χ1v) is 9.93. The first-order valence-electron chi connectivity index (χ1n) is 9.93. The largest absolute Gasteiger partial charge is 0.490 e. The van der Waals surface area contributed by atoms with E-state index in [9.17, 15) is 13.2 Å². The second-order valence-corrected chi connectivity index (χ2v) is 7.67. The van der Waals surface area contributed by atoms with Crippen LogP contribution in [-0.4, -0.2) is 51.7 Å². The third-order valence-electron chi connectivity index (χ3n) is 5.08. The highest BCUT2D eigenvalue weighted by molar-refractivity contribution is 5.73. The second-order valence-electron chi connectivity index (χ2n) is 7.67. The van der Waals surface area contributed by atoms with Crippen LogP contribution in [0.5, 0.6) is 0 Å². The van der Waals surface area contributed by atoms with Crippen molar-refractivity contribution in [3.63, 3.8) is 0 Å². The molecule has 2 aromatic rings. The van der Waals surface area contributed by atoms with Gasteiger partial charge in [0, 0.05) is 56.0 Å². The zero-order valence-corrected chi connectivity index (χ0v) is 16.8. The number of carboxylic acid groups (broad SMARTS) is 1. The summed E-state index contributed by atoms with van der Waals surface area (Å²) in [5, 5.41) is 11.9. The van der Waals surface area contributed by atoms with Crippen molar-refractivity contribution in [3.05, 3.63) is 41.6 Å². The van der Waals surface area contributed by atoms with Crippen molar-refractivity contribution in [2.24, 2.45) is 5.92 Å². The summed E-state index contributed by atoms with van der Waals surface area (Å²) in [5.41, 5.74) is 3.81. The molecule has 0 bridgehead atoms. The number of furan rings is 1. The van der Waals surface area contributed by atoms with Crippen molar-refractivity contribution in [2.75, 3.05) is 19.8 Å². The SMILES string of the molecule is CCn1cc2c(n1)CN(Cc1ccoc1)CC2COCC1CC1.O=C(O)C(F)(F)F. The summed E-state index contributed by atoms with van der Waals surface area (Å²) in [7, 11) is 0. The number of aryl methyl sites for hydroxylation is 1. The minimum Gasteiger partial charge on any atom is -0.475 e. The Hall–Kier alpha value is -2.33. The van der Waals surface area contributed by atoms with Crippen LogP contribution in [-0.2, 0) is 29.2 Å². The van der Waals surface area contributed by atoms with Crippen LogP contribution in [0.15, 0.2) is 29.2 Å². The highest BCUT2D eigenvalue weighted by Crippen LogP contribution is 2.32. The summed E-state index contributed by atoms with van der Waals surface area (Å²) in [4.78, 5) is 11.3. The molecule has 0 spiro atoms. The quantitative estimate of drug-likeness (QED) is 0.724. The summed E-state index contributed by atoms with van der Waals surface area (Å²) >= 11 is 0. The van der Waals surface area contributed by atoms with Crippen molar-refractivity contribution in [2.45, 2.75) is 51.5 Å². The lowest BCUT2D eigenvalue weighted by atomic mass is 9.95. The van der Waals surface area contributed by atoms with Gasteiger partial charge in [-0.25, -0.2) is 4.79 Å². The molecule has 3 heterocycles. The number of aromatic nitrogens is 2. The van der Waals surface area contributed by atoms with E-state index in [1.807, 2.05) is 12.3 Å². The number of carbonyl (C=O) groups is 1. The highest BCUT2D eigenvalue weighted by Gasteiger charge is 2.38. The van der Waals surface area contributed by atoms with Gasteiger partial charge in [0.2, 0.25) is 0 Å². The molecule has 1 N–H and O–H groups in total. The lowest BCUT2D eigenvalue weighted by molar-refractivity contribution is -0.192. The van der Waals surface area contributed by atoms with E-state index in [-0.39, 0.29) is 0 Å². The fourth-order valence-electron chi connectivity index (χ4n) is 3.35. The summed E-state index contributed by atoms with van der Waals surface area (Å²) in [6, 6.07) is 2.04. The molecule has 0 radical (unpaired) electrons. The minimum absolute atomic E-state index is 0.421. The van der Waals surface area contributed by atoms with Crippen molar-refractivity contribution < 1.29 is 32.2 Å². The van der Waals surface area contributed by atoms with Gasteiger partial charge in [0.1, 0.15) is 0 Å².